The molecule has 0 aliphatic carbocycles. The first kappa shape index (κ1) is 16.1. The molecule has 2 aromatic carbocycles. The van der Waals surface area contributed by atoms with Crippen molar-refractivity contribution in [3.8, 4) is 0 Å². The summed E-state index contributed by atoms with van der Waals surface area (Å²) < 4.78 is 6.00. The average Bonchev–Trinajstić information content (AvgIpc) is 3.03. The van der Waals surface area contributed by atoms with Gasteiger partial charge in [-0.05, 0) is 49.2 Å². The van der Waals surface area contributed by atoms with Crippen LogP contribution in [0.25, 0.3) is 10.2 Å². The summed E-state index contributed by atoms with van der Waals surface area (Å²) in [6.07, 6.45) is 0. The molecule has 0 unspecified atom stereocenters. The summed E-state index contributed by atoms with van der Waals surface area (Å²) in [6, 6.07) is 10.9. The molecule has 122 valence electrons. The number of carbonyl (C=O) groups excluding carboxylic acids is 2. The second kappa shape index (κ2) is 6.80. The Hall–Kier alpha value is -2.73. The molecule has 0 atom stereocenters. The van der Waals surface area contributed by atoms with Crippen molar-refractivity contribution in [2.24, 2.45) is 0 Å². The van der Waals surface area contributed by atoms with Crippen LogP contribution in [0.4, 0.5) is 5.69 Å². The standard InChI is InChI=1S/C18H16N2O3S/c1-11-3-4-12(2)15(7-11)20-17(21)9-23-18(22)13-5-6-14-16(8-13)24-10-19-14/h3-8,10H,9H2,1-2H3,(H,20,21). The van der Waals surface area contributed by atoms with Gasteiger partial charge in [-0.25, -0.2) is 9.78 Å². The summed E-state index contributed by atoms with van der Waals surface area (Å²) in [7, 11) is 0. The topological polar surface area (TPSA) is 68.3 Å². The van der Waals surface area contributed by atoms with Gasteiger partial charge in [-0.3, -0.25) is 4.79 Å². The number of ether oxygens (including phenoxy) is 1. The Morgan fingerprint density at radius 3 is 2.83 bits per heavy atom. The third kappa shape index (κ3) is 3.60. The largest absolute Gasteiger partial charge is 0.452 e. The molecule has 6 heteroatoms. The molecule has 5 nitrogen and oxygen atoms in total. The molecule has 0 saturated carbocycles. The van der Waals surface area contributed by atoms with Gasteiger partial charge in [0.1, 0.15) is 0 Å². The van der Waals surface area contributed by atoms with Crippen molar-refractivity contribution in [3.05, 3.63) is 58.6 Å². The van der Waals surface area contributed by atoms with E-state index in [2.05, 4.69) is 10.3 Å². The lowest BCUT2D eigenvalue weighted by molar-refractivity contribution is -0.119. The third-order valence-corrected chi connectivity index (χ3v) is 4.36. The quantitative estimate of drug-likeness (QED) is 0.735. The minimum absolute atomic E-state index is 0.326. The van der Waals surface area contributed by atoms with Gasteiger partial charge in [0.05, 0.1) is 21.3 Å². The van der Waals surface area contributed by atoms with Crippen molar-refractivity contribution in [1.82, 2.24) is 4.98 Å². The highest BCUT2D eigenvalue weighted by atomic mass is 32.1. The number of nitrogens with one attached hydrogen (secondary N) is 1. The number of hydrogen-bond acceptors (Lipinski definition) is 5. The van der Waals surface area contributed by atoms with Crippen molar-refractivity contribution in [2.45, 2.75) is 13.8 Å². The van der Waals surface area contributed by atoms with Gasteiger partial charge in [0.25, 0.3) is 5.91 Å². The molecule has 0 spiro atoms. The van der Waals surface area contributed by atoms with Gasteiger partial charge >= 0.3 is 5.97 Å². The summed E-state index contributed by atoms with van der Waals surface area (Å²) in [4.78, 5) is 28.2. The molecular weight excluding hydrogens is 324 g/mol. The van der Waals surface area contributed by atoms with E-state index in [0.717, 1.165) is 27.0 Å². The van der Waals surface area contributed by atoms with Gasteiger partial charge in [0.15, 0.2) is 6.61 Å². The van der Waals surface area contributed by atoms with E-state index in [4.69, 9.17) is 4.74 Å². The zero-order valence-electron chi connectivity index (χ0n) is 13.3. The number of esters is 1. The number of nitrogens with zero attached hydrogens (tertiary/aromatic N) is 1. The normalized spacial score (nSPS) is 10.6. The fraction of sp³-hybridized carbons (Fsp3) is 0.167. The van der Waals surface area contributed by atoms with E-state index in [-0.39, 0.29) is 12.5 Å². The fourth-order valence-electron chi connectivity index (χ4n) is 2.25. The molecule has 0 radical (unpaired) electrons. The maximum absolute atomic E-state index is 12.1. The van der Waals surface area contributed by atoms with Crippen molar-refractivity contribution >= 4 is 39.1 Å². The second-order valence-electron chi connectivity index (χ2n) is 5.48. The molecule has 0 aliphatic heterocycles. The van der Waals surface area contributed by atoms with Gasteiger partial charge in [0.2, 0.25) is 0 Å². The summed E-state index contributed by atoms with van der Waals surface area (Å²) >= 11 is 1.45. The van der Waals surface area contributed by atoms with E-state index >= 15 is 0 Å². The van der Waals surface area contributed by atoms with E-state index < -0.39 is 5.97 Å². The van der Waals surface area contributed by atoms with Gasteiger partial charge in [0, 0.05) is 5.69 Å². The van der Waals surface area contributed by atoms with Crippen LogP contribution in [0.5, 0.6) is 0 Å². The zero-order valence-corrected chi connectivity index (χ0v) is 14.1. The first-order chi connectivity index (χ1) is 11.5. The molecule has 0 bridgehead atoms. The molecule has 3 aromatic rings. The van der Waals surface area contributed by atoms with Crippen molar-refractivity contribution in [2.75, 3.05) is 11.9 Å². The molecule has 1 aromatic heterocycles. The molecule has 24 heavy (non-hydrogen) atoms. The number of aryl methyl sites for hydroxylation is 2. The van der Waals surface area contributed by atoms with Crippen LogP contribution in [0.1, 0.15) is 21.5 Å². The van der Waals surface area contributed by atoms with E-state index in [1.54, 1.807) is 23.7 Å². The number of aromatic nitrogens is 1. The Morgan fingerprint density at radius 1 is 1.17 bits per heavy atom. The summed E-state index contributed by atoms with van der Waals surface area (Å²) in [5.74, 6) is -0.891. The highest BCUT2D eigenvalue weighted by molar-refractivity contribution is 7.16. The number of hydrogen-bond donors (Lipinski definition) is 1. The lowest BCUT2D eigenvalue weighted by Gasteiger charge is -2.10. The van der Waals surface area contributed by atoms with Crippen LogP contribution >= 0.6 is 11.3 Å². The number of thiazole rings is 1. The zero-order chi connectivity index (χ0) is 17.1. The average molecular weight is 340 g/mol. The van der Waals surface area contributed by atoms with Gasteiger partial charge in [-0.1, -0.05) is 12.1 Å². The van der Waals surface area contributed by atoms with Gasteiger partial charge < -0.3 is 10.1 Å². The maximum atomic E-state index is 12.1. The number of carbonyl (C=O) groups is 2. The Morgan fingerprint density at radius 2 is 2.00 bits per heavy atom. The molecule has 0 saturated heterocycles. The summed E-state index contributed by atoms with van der Waals surface area (Å²) in [6.45, 7) is 3.53. The molecule has 0 aliphatic rings. The van der Waals surface area contributed by atoms with Crippen LogP contribution in [0.2, 0.25) is 0 Å². The van der Waals surface area contributed by atoms with Crippen molar-refractivity contribution < 1.29 is 14.3 Å². The predicted molar refractivity (Wildman–Crippen MR) is 94.4 cm³/mol. The van der Waals surface area contributed by atoms with Crippen LogP contribution < -0.4 is 5.32 Å². The van der Waals surface area contributed by atoms with Crippen LogP contribution in [-0.2, 0) is 9.53 Å². The molecule has 1 heterocycles. The Labute approximate surface area is 143 Å². The highest BCUT2D eigenvalue weighted by Crippen LogP contribution is 2.20. The van der Waals surface area contributed by atoms with Gasteiger partial charge in [-0.2, -0.15) is 0 Å². The minimum atomic E-state index is -0.526. The fourth-order valence-corrected chi connectivity index (χ4v) is 2.97. The number of amides is 1. The highest BCUT2D eigenvalue weighted by Gasteiger charge is 2.12. The lowest BCUT2D eigenvalue weighted by Crippen LogP contribution is -2.21. The van der Waals surface area contributed by atoms with Crippen LogP contribution in [-0.4, -0.2) is 23.5 Å². The van der Waals surface area contributed by atoms with Crippen molar-refractivity contribution in [1.29, 1.82) is 0 Å². The minimum Gasteiger partial charge on any atom is -0.452 e. The van der Waals surface area contributed by atoms with Crippen LogP contribution in [0.15, 0.2) is 41.9 Å². The van der Waals surface area contributed by atoms with Crippen LogP contribution in [0.3, 0.4) is 0 Å². The number of fused-ring (bicyclic) bond motifs is 1. The number of anilines is 1. The molecule has 0 fully saturated rings. The monoisotopic (exact) mass is 340 g/mol. The first-order valence-electron chi connectivity index (χ1n) is 7.40. The third-order valence-electron chi connectivity index (χ3n) is 3.57. The number of benzene rings is 2. The predicted octanol–water partition coefficient (Wildman–Crippen LogP) is 3.71. The summed E-state index contributed by atoms with van der Waals surface area (Å²) in [5.41, 5.74) is 5.69. The maximum Gasteiger partial charge on any atom is 0.338 e. The Balaban J connectivity index is 1.61. The number of rotatable bonds is 4. The smallest absolute Gasteiger partial charge is 0.338 e. The molecule has 1 amide bonds. The molecular formula is C18H16N2O3S. The summed E-state index contributed by atoms with van der Waals surface area (Å²) in [5, 5.41) is 2.76. The van der Waals surface area contributed by atoms with Crippen molar-refractivity contribution in [3.63, 3.8) is 0 Å². The first-order valence-corrected chi connectivity index (χ1v) is 8.28. The van der Waals surface area contributed by atoms with E-state index in [1.807, 2.05) is 32.0 Å². The van der Waals surface area contributed by atoms with Crippen LogP contribution in [0, 0.1) is 13.8 Å². The SMILES string of the molecule is Cc1ccc(C)c(NC(=O)COC(=O)c2ccc3ncsc3c2)c1. The van der Waals surface area contributed by atoms with E-state index in [1.165, 1.54) is 11.3 Å². The van der Waals surface area contributed by atoms with E-state index in [9.17, 15) is 9.59 Å². The molecule has 1 N–H and O–H groups in total. The Kier molecular flexibility index (Phi) is 4.57. The van der Waals surface area contributed by atoms with E-state index in [0.29, 0.717) is 5.56 Å². The lowest BCUT2D eigenvalue weighted by atomic mass is 10.1. The second-order valence-corrected chi connectivity index (χ2v) is 6.36. The Bertz CT molecular complexity index is 918. The van der Waals surface area contributed by atoms with Gasteiger partial charge in [-0.15, -0.1) is 11.3 Å². The molecule has 3 rings (SSSR count).